The first-order chi connectivity index (χ1) is 9.56. The van der Waals surface area contributed by atoms with Crippen LogP contribution in [0.4, 0.5) is 0 Å². The molecule has 0 saturated heterocycles. The zero-order valence-corrected chi connectivity index (χ0v) is 11.6. The lowest BCUT2D eigenvalue weighted by atomic mass is 10.2. The van der Waals surface area contributed by atoms with Crippen LogP contribution >= 0.6 is 0 Å². The van der Waals surface area contributed by atoms with Crippen LogP contribution in [0.3, 0.4) is 0 Å². The first-order valence-electron chi connectivity index (χ1n) is 5.82. The number of hydrogen-bond acceptors (Lipinski definition) is 5. The summed E-state index contributed by atoms with van der Waals surface area (Å²) in [4.78, 5) is 13.3. The number of benzene rings is 1. The van der Waals surface area contributed by atoms with Crippen molar-refractivity contribution in [1.29, 1.82) is 5.26 Å². The minimum absolute atomic E-state index is 0.0121. The monoisotopic (exact) mass is 272 g/mol. The SMILES string of the molecule is COc1ccc(/C=N/NC(=O)C(C#N)=CN(C)C)cc1. The first-order valence-corrected chi connectivity index (χ1v) is 5.82. The Morgan fingerprint density at radius 3 is 2.55 bits per heavy atom. The van der Waals surface area contributed by atoms with Crippen LogP contribution < -0.4 is 10.2 Å². The van der Waals surface area contributed by atoms with Crippen molar-refractivity contribution in [2.24, 2.45) is 5.10 Å². The fourth-order valence-electron chi connectivity index (χ4n) is 1.31. The maximum absolute atomic E-state index is 11.6. The number of carbonyl (C=O) groups excluding carboxylic acids is 1. The van der Waals surface area contributed by atoms with E-state index in [4.69, 9.17) is 10.00 Å². The standard InChI is InChI=1S/C14H16N4O2/c1-18(2)10-12(8-15)14(19)17-16-9-11-4-6-13(20-3)7-5-11/h4-7,9-10H,1-3H3,(H,17,19)/b12-10?,16-9+. The molecule has 0 saturated carbocycles. The van der Waals surface area contributed by atoms with Crippen LogP contribution in [0, 0.1) is 11.3 Å². The van der Waals surface area contributed by atoms with Crippen LogP contribution in [0.2, 0.25) is 0 Å². The molecule has 6 heteroatoms. The Labute approximate surface area is 118 Å². The van der Waals surface area contributed by atoms with Gasteiger partial charge in [-0.15, -0.1) is 0 Å². The molecule has 0 heterocycles. The number of rotatable bonds is 5. The van der Waals surface area contributed by atoms with E-state index in [0.29, 0.717) is 0 Å². The number of ether oxygens (including phenoxy) is 1. The van der Waals surface area contributed by atoms with Gasteiger partial charge in [-0.05, 0) is 29.8 Å². The smallest absolute Gasteiger partial charge is 0.283 e. The van der Waals surface area contributed by atoms with Crippen LogP contribution in [-0.2, 0) is 4.79 Å². The lowest BCUT2D eigenvalue weighted by Crippen LogP contribution is -2.20. The second-order valence-electron chi connectivity index (χ2n) is 4.09. The fraction of sp³-hybridized carbons (Fsp3) is 0.214. The third-order valence-corrected chi connectivity index (χ3v) is 2.25. The average molecular weight is 272 g/mol. The van der Waals surface area contributed by atoms with Crippen molar-refractivity contribution in [3.05, 3.63) is 41.6 Å². The number of methoxy groups -OCH3 is 1. The molecule has 1 rings (SSSR count). The summed E-state index contributed by atoms with van der Waals surface area (Å²) in [6, 6.07) is 8.99. The van der Waals surface area contributed by atoms with Gasteiger partial charge in [0.1, 0.15) is 17.4 Å². The predicted molar refractivity (Wildman–Crippen MR) is 76.1 cm³/mol. The van der Waals surface area contributed by atoms with E-state index in [-0.39, 0.29) is 5.57 Å². The van der Waals surface area contributed by atoms with Crippen molar-refractivity contribution >= 4 is 12.1 Å². The molecule has 0 unspecified atom stereocenters. The highest BCUT2D eigenvalue weighted by Crippen LogP contribution is 2.09. The van der Waals surface area contributed by atoms with Gasteiger partial charge in [-0.2, -0.15) is 10.4 Å². The molecule has 1 amide bonds. The van der Waals surface area contributed by atoms with Gasteiger partial charge in [-0.25, -0.2) is 5.43 Å². The second-order valence-corrected chi connectivity index (χ2v) is 4.09. The molecule has 0 aliphatic carbocycles. The minimum Gasteiger partial charge on any atom is -0.497 e. The molecule has 0 aliphatic rings. The first kappa shape index (κ1) is 15.2. The molecule has 0 aromatic heterocycles. The van der Waals surface area contributed by atoms with Crippen LogP contribution in [-0.4, -0.2) is 38.2 Å². The van der Waals surface area contributed by atoms with Gasteiger partial charge >= 0.3 is 0 Å². The topological polar surface area (TPSA) is 77.7 Å². The molecule has 0 radical (unpaired) electrons. The third kappa shape index (κ3) is 4.82. The van der Waals surface area contributed by atoms with Gasteiger partial charge in [0.05, 0.1) is 13.3 Å². The predicted octanol–water partition coefficient (Wildman–Crippen LogP) is 1.11. The van der Waals surface area contributed by atoms with E-state index in [0.717, 1.165) is 11.3 Å². The number of nitriles is 1. The maximum atomic E-state index is 11.6. The van der Waals surface area contributed by atoms with E-state index in [9.17, 15) is 4.79 Å². The Hall–Kier alpha value is -2.81. The molecule has 0 atom stereocenters. The molecule has 0 aliphatic heterocycles. The molecule has 1 aromatic rings. The summed E-state index contributed by atoms with van der Waals surface area (Å²) in [5.74, 6) is 0.192. The van der Waals surface area contributed by atoms with Gasteiger partial charge in [0, 0.05) is 20.3 Å². The Morgan fingerprint density at radius 2 is 2.05 bits per heavy atom. The van der Waals surface area contributed by atoms with E-state index in [1.807, 2.05) is 6.07 Å². The average Bonchev–Trinajstić information content (AvgIpc) is 2.45. The molecule has 0 fully saturated rings. The highest BCUT2D eigenvalue weighted by molar-refractivity contribution is 5.97. The van der Waals surface area contributed by atoms with Crippen molar-refractivity contribution < 1.29 is 9.53 Å². The molecule has 1 N–H and O–H groups in total. The number of hydrazone groups is 1. The summed E-state index contributed by atoms with van der Waals surface area (Å²) in [5.41, 5.74) is 3.09. The zero-order chi connectivity index (χ0) is 15.0. The molecule has 104 valence electrons. The summed E-state index contributed by atoms with van der Waals surface area (Å²) in [6.45, 7) is 0. The van der Waals surface area contributed by atoms with Crippen LogP contribution in [0.25, 0.3) is 0 Å². The molecule has 1 aromatic carbocycles. The summed E-state index contributed by atoms with van der Waals surface area (Å²) >= 11 is 0. The Balaban J connectivity index is 2.63. The molecular formula is C14H16N4O2. The van der Waals surface area contributed by atoms with Crippen molar-refractivity contribution in [2.75, 3.05) is 21.2 Å². The fourth-order valence-corrected chi connectivity index (χ4v) is 1.31. The van der Waals surface area contributed by atoms with Crippen LogP contribution in [0.15, 0.2) is 41.1 Å². The summed E-state index contributed by atoms with van der Waals surface area (Å²) in [6.07, 6.45) is 2.92. The third-order valence-electron chi connectivity index (χ3n) is 2.25. The largest absolute Gasteiger partial charge is 0.497 e. The van der Waals surface area contributed by atoms with Crippen molar-refractivity contribution in [3.8, 4) is 11.8 Å². The number of nitrogens with one attached hydrogen (secondary N) is 1. The molecule has 6 nitrogen and oxygen atoms in total. The maximum Gasteiger partial charge on any atom is 0.283 e. The van der Waals surface area contributed by atoms with Crippen LogP contribution in [0.5, 0.6) is 5.75 Å². The van der Waals surface area contributed by atoms with Gasteiger partial charge in [0.15, 0.2) is 0 Å². The van der Waals surface area contributed by atoms with Gasteiger partial charge in [-0.1, -0.05) is 0 Å². The summed E-state index contributed by atoms with van der Waals surface area (Å²) in [5, 5.41) is 12.6. The van der Waals surface area contributed by atoms with E-state index < -0.39 is 5.91 Å². The quantitative estimate of drug-likeness (QED) is 0.377. The van der Waals surface area contributed by atoms with Crippen molar-refractivity contribution in [1.82, 2.24) is 10.3 Å². The van der Waals surface area contributed by atoms with Crippen LogP contribution in [0.1, 0.15) is 5.56 Å². The van der Waals surface area contributed by atoms with Gasteiger partial charge in [-0.3, -0.25) is 4.79 Å². The van der Waals surface area contributed by atoms with E-state index in [2.05, 4.69) is 10.5 Å². The van der Waals surface area contributed by atoms with Gasteiger partial charge in [0.2, 0.25) is 0 Å². The molecule has 0 bridgehead atoms. The number of amides is 1. The Bertz CT molecular complexity index is 554. The summed E-state index contributed by atoms with van der Waals surface area (Å²) < 4.78 is 5.03. The van der Waals surface area contributed by atoms with Crippen molar-refractivity contribution in [3.63, 3.8) is 0 Å². The molecular weight excluding hydrogens is 256 g/mol. The Kier molecular flexibility index (Phi) is 5.78. The Morgan fingerprint density at radius 1 is 1.40 bits per heavy atom. The number of hydrogen-bond donors (Lipinski definition) is 1. The second kappa shape index (κ2) is 7.59. The van der Waals surface area contributed by atoms with E-state index >= 15 is 0 Å². The molecule has 0 spiro atoms. The van der Waals surface area contributed by atoms with Crippen molar-refractivity contribution in [2.45, 2.75) is 0 Å². The number of nitrogens with zero attached hydrogens (tertiary/aromatic N) is 3. The van der Waals surface area contributed by atoms with Gasteiger partial charge < -0.3 is 9.64 Å². The zero-order valence-electron chi connectivity index (χ0n) is 11.6. The number of carbonyl (C=O) groups is 1. The molecule has 20 heavy (non-hydrogen) atoms. The summed E-state index contributed by atoms with van der Waals surface area (Å²) in [7, 11) is 5.04. The normalized spacial score (nSPS) is 11.0. The van der Waals surface area contributed by atoms with Gasteiger partial charge in [0.25, 0.3) is 5.91 Å². The minimum atomic E-state index is -0.550. The lowest BCUT2D eigenvalue weighted by molar-refractivity contribution is -0.117. The highest BCUT2D eigenvalue weighted by Gasteiger charge is 2.07. The van der Waals surface area contributed by atoms with E-state index in [1.165, 1.54) is 12.4 Å². The lowest BCUT2D eigenvalue weighted by Gasteiger charge is -2.05. The van der Waals surface area contributed by atoms with E-state index in [1.54, 1.807) is 50.4 Å². The highest BCUT2D eigenvalue weighted by atomic mass is 16.5.